The smallest absolute Gasteiger partial charge is 0.273 e. The zero-order valence-corrected chi connectivity index (χ0v) is 13.4. The van der Waals surface area contributed by atoms with Crippen LogP contribution in [0.3, 0.4) is 0 Å². The lowest BCUT2D eigenvalue weighted by Gasteiger charge is -2.06. The molecule has 3 aromatic rings. The van der Waals surface area contributed by atoms with Crippen LogP contribution in [0.5, 0.6) is 5.75 Å². The van der Waals surface area contributed by atoms with Crippen LogP contribution in [-0.4, -0.2) is 23.2 Å². The second-order valence-electron chi connectivity index (χ2n) is 4.95. The number of rotatable bonds is 4. The summed E-state index contributed by atoms with van der Waals surface area (Å²) in [5.74, 6) is -0.891. The summed E-state index contributed by atoms with van der Waals surface area (Å²) in [6, 6.07) is 12.9. The van der Waals surface area contributed by atoms with Crippen LogP contribution in [0.15, 0.2) is 48.5 Å². The van der Waals surface area contributed by atoms with Gasteiger partial charge in [-0.15, -0.1) is 0 Å². The lowest BCUT2D eigenvalue weighted by molar-refractivity contribution is 0.102. The van der Waals surface area contributed by atoms with Crippen LogP contribution < -0.4 is 10.1 Å². The van der Waals surface area contributed by atoms with Crippen LogP contribution in [0, 0.1) is 5.82 Å². The monoisotopic (exact) mass is 345 g/mol. The fraction of sp³-hybridized carbons (Fsp3) is 0.0588. The van der Waals surface area contributed by atoms with E-state index in [1.54, 1.807) is 24.3 Å². The first-order chi connectivity index (χ1) is 11.6. The molecular weight excluding hydrogens is 333 g/mol. The number of halogens is 2. The lowest BCUT2D eigenvalue weighted by Crippen LogP contribution is -2.12. The van der Waals surface area contributed by atoms with E-state index in [4.69, 9.17) is 16.3 Å². The molecule has 0 saturated heterocycles. The van der Waals surface area contributed by atoms with Crippen molar-refractivity contribution in [3.63, 3.8) is 0 Å². The number of aromatic nitrogens is 2. The fourth-order valence-corrected chi connectivity index (χ4v) is 2.42. The highest BCUT2D eigenvalue weighted by Gasteiger charge is 2.13. The Hall–Kier alpha value is -2.86. The maximum atomic E-state index is 13.7. The van der Waals surface area contributed by atoms with Crippen molar-refractivity contribution in [2.45, 2.75) is 0 Å². The summed E-state index contributed by atoms with van der Waals surface area (Å²) in [6.45, 7) is 0. The third kappa shape index (κ3) is 3.23. The first-order valence-electron chi connectivity index (χ1n) is 7.03. The molecule has 0 atom stereocenters. The summed E-state index contributed by atoms with van der Waals surface area (Å²) in [5, 5.41) is 9.87. The normalized spacial score (nSPS) is 10.5. The van der Waals surface area contributed by atoms with Crippen LogP contribution in [0.1, 0.15) is 10.5 Å². The highest BCUT2D eigenvalue weighted by atomic mass is 35.5. The van der Waals surface area contributed by atoms with Crippen molar-refractivity contribution in [1.29, 1.82) is 0 Å². The molecule has 0 aliphatic carbocycles. The van der Waals surface area contributed by atoms with Gasteiger partial charge in [0.15, 0.2) is 11.6 Å². The number of benzene rings is 2. The molecule has 5 nitrogen and oxygen atoms in total. The molecule has 0 aliphatic heterocycles. The Balaban J connectivity index is 1.79. The Bertz CT molecular complexity index is 895. The number of amides is 1. The number of hydrogen-bond donors (Lipinski definition) is 2. The van der Waals surface area contributed by atoms with Gasteiger partial charge in [0.2, 0.25) is 0 Å². The van der Waals surface area contributed by atoms with Crippen molar-refractivity contribution >= 4 is 23.2 Å². The van der Waals surface area contributed by atoms with Crippen molar-refractivity contribution in [3.05, 3.63) is 65.1 Å². The van der Waals surface area contributed by atoms with Gasteiger partial charge in [0.05, 0.1) is 17.8 Å². The fourth-order valence-electron chi connectivity index (χ4n) is 2.19. The quantitative estimate of drug-likeness (QED) is 0.747. The molecule has 1 aromatic heterocycles. The topological polar surface area (TPSA) is 67.0 Å². The highest BCUT2D eigenvalue weighted by Crippen LogP contribution is 2.26. The van der Waals surface area contributed by atoms with Gasteiger partial charge in [-0.1, -0.05) is 29.8 Å². The third-order valence-corrected chi connectivity index (χ3v) is 3.71. The van der Waals surface area contributed by atoms with E-state index in [2.05, 4.69) is 15.5 Å². The predicted octanol–water partition coefficient (Wildman–Crippen LogP) is 4.13. The van der Waals surface area contributed by atoms with Crippen LogP contribution in [0.2, 0.25) is 5.02 Å². The maximum Gasteiger partial charge on any atom is 0.273 e. The molecule has 2 N–H and O–H groups in total. The molecule has 1 heterocycles. The predicted molar refractivity (Wildman–Crippen MR) is 89.9 cm³/mol. The number of aromatic amines is 1. The zero-order valence-electron chi connectivity index (χ0n) is 12.6. The number of nitrogens with one attached hydrogen (secondary N) is 2. The number of hydrogen-bond acceptors (Lipinski definition) is 3. The Kier molecular flexibility index (Phi) is 4.48. The van der Waals surface area contributed by atoms with Crippen molar-refractivity contribution in [2.75, 3.05) is 12.4 Å². The minimum atomic E-state index is -0.559. The van der Waals surface area contributed by atoms with Gasteiger partial charge in [0.1, 0.15) is 5.69 Å². The Morgan fingerprint density at radius 3 is 2.75 bits per heavy atom. The van der Waals surface area contributed by atoms with Crippen LogP contribution in [-0.2, 0) is 0 Å². The van der Waals surface area contributed by atoms with Crippen molar-refractivity contribution in [1.82, 2.24) is 10.2 Å². The molecule has 0 spiro atoms. The number of H-pyrrole nitrogens is 1. The second-order valence-corrected chi connectivity index (χ2v) is 5.36. The van der Waals surface area contributed by atoms with E-state index in [1.165, 1.54) is 19.2 Å². The van der Waals surface area contributed by atoms with Gasteiger partial charge in [0, 0.05) is 17.3 Å². The Morgan fingerprint density at radius 1 is 1.25 bits per heavy atom. The SMILES string of the molecule is COc1ccc(NC(=O)c2cc(-c3ccccc3Cl)n[nH]2)cc1F. The molecule has 1 amide bonds. The van der Waals surface area contributed by atoms with Crippen molar-refractivity contribution in [2.24, 2.45) is 0 Å². The average Bonchev–Trinajstić information content (AvgIpc) is 3.05. The summed E-state index contributed by atoms with van der Waals surface area (Å²) < 4.78 is 18.5. The number of anilines is 1. The van der Waals surface area contributed by atoms with Crippen LogP contribution in [0.4, 0.5) is 10.1 Å². The number of methoxy groups -OCH3 is 1. The van der Waals surface area contributed by atoms with E-state index in [9.17, 15) is 9.18 Å². The van der Waals surface area contributed by atoms with Gasteiger partial charge in [-0.25, -0.2) is 4.39 Å². The van der Waals surface area contributed by atoms with Gasteiger partial charge in [-0.2, -0.15) is 5.10 Å². The van der Waals surface area contributed by atoms with E-state index in [0.29, 0.717) is 22.0 Å². The van der Waals surface area contributed by atoms with E-state index < -0.39 is 11.7 Å². The molecule has 0 radical (unpaired) electrons. The molecule has 0 fully saturated rings. The van der Waals surface area contributed by atoms with E-state index in [1.807, 2.05) is 12.1 Å². The molecule has 7 heteroatoms. The number of nitrogens with zero attached hydrogens (tertiary/aromatic N) is 1. The molecule has 2 aromatic carbocycles. The standard InChI is InChI=1S/C17H13ClFN3O2/c1-24-16-7-6-10(8-13(16)19)20-17(23)15-9-14(21-22-15)11-4-2-3-5-12(11)18/h2-9H,1H3,(H,20,23)(H,21,22). The molecule has 0 aliphatic rings. The van der Waals surface area contributed by atoms with Crippen molar-refractivity contribution < 1.29 is 13.9 Å². The van der Waals surface area contributed by atoms with Gasteiger partial charge in [-0.05, 0) is 24.3 Å². The first-order valence-corrected chi connectivity index (χ1v) is 7.41. The molecule has 3 rings (SSSR count). The summed E-state index contributed by atoms with van der Waals surface area (Å²) in [6.07, 6.45) is 0. The molecular formula is C17H13ClFN3O2. The zero-order chi connectivity index (χ0) is 17.1. The minimum absolute atomic E-state index is 0.107. The van der Waals surface area contributed by atoms with Gasteiger partial charge < -0.3 is 10.1 Å². The van der Waals surface area contributed by atoms with E-state index in [0.717, 1.165) is 0 Å². The maximum absolute atomic E-state index is 13.7. The van der Waals surface area contributed by atoms with Gasteiger partial charge in [0.25, 0.3) is 5.91 Å². The van der Waals surface area contributed by atoms with Gasteiger partial charge in [-0.3, -0.25) is 9.89 Å². The molecule has 0 unspecified atom stereocenters. The summed E-state index contributed by atoms with van der Waals surface area (Å²) >= 11 is 6.12. The first kappa shape index (κ1) is 16.0. The summed E-state index contributed by atoms with van der Waals surface area (Å²) in [7, 11) is 1.37. The van der Waals surface area contributed by atoms with E-state index in [-0.39, 0.29) is 11.4 Å². The number of ether oxygens (including phenoxy) is 1. The number of carbonyl (C=O) groups is 1. The van der Waals surface area contributed by atoms with Crippen LogP contribution >= 0.6 is 11.6 Å². The summed E-state index contributed by atoms with van der Waals surface area (Å²) in [5.41, 5.74) is 1.81. The molecule has 122 valence electrons. The van der Waals surface area contributed by atoms with E-state index >= 15 is 0 Å². The largest absolute Gasteiger partial charge is 0.494 e. The average molecular weight is 346 g/mol. The van der Waals surface area contributed by atoms with Crippen LogP contribution in [0.25, 0.3) is 11.3 Å². The lowest BCUT2D eigenvalue weighted by atomic mass is 10.1. The highest BCUT2D eigenvalue weighted by molar-refractivity contribution is 6.33. The second kappa shape index (κ2) is 6.72. The van der Waals surface area contributed by atoms with Crippen molar-refractivity contribution in [3.8, 4) is 17.0 Å². The molecule has 0 bridgehead atoms. The molecule has 24 heavy (non-hydrogen) atoms. The summed E-state index contributed by atoms with van der Waals surface area (Å²) in [4.78, 5) is 12.2. The van der Waals surface area contributed by atoms with Gasteiger partial charge >= 0.3 is 0 Å². The third-order valence-electron chi connectivity index (χ3n) is 3.38. The molecule has 0 saturated carbocycles. The Labute approximate surface area is 142 Å². The Morgan fingerprint density at radius 2 is 2.04 bits per heavy atom. The minimum Gasteiger partial charge on any atom is -0.494 e. The number of carbonyl (C=O) groups excluding carboxylic acids is 1.